The Balaban J connectivity index is 1.57. The van der Waals surface area contributed by atoms with Crippen molar-refractivity contribution < 1.29 is 29.0 Å². The maximum Gasteiger partial charge on any atom is 0.407 e. The molecule has 4 N–H and O–H groups in total. The first-order chi connectivity index (χ1) is 25.3. The van der Waals surface area contributed by atoms with Gasteiger partial charge in [-0.1, -0.05) is 93.1 Å². The monoisotopic (exact) mass is 728 g/mol. The molecule has 1 heterocycles. The first-order valence-corrected chi connectivity index (χ1v) is 19.1. The molecule has 1 aliphatic rings. The van der Waals surface area contributed by atoms with Crippen LogP contribution >= 0.6 is 0 Å². The predicted octanol–water partition coefficient (Wildman–Crippen LogP) is 6.05. The Kier molecular flexibility index (Phi) is 15.7. The fourth-order valence-electron chi connectivity index (χ4n) is 6.64. The highest BCUT2D eigenvalue weighted by Gasteiger charge is 2.35. The normalized spacial score (nSPS) is 16.5. The molecule has 0 aliphatic carbocycles. The van der Waals surface area contributed by atoms with Crippen molar-refractivity contribution in [1.82, 2.24) is 20.9 Å². The van der Waals surface area contributed by atoms with Crippen LogP contribution in [0.3, 0.4) is 0 Å². The summed E-state index contributed by atoms with van der Waals surface area (Å²) in [6.07, 6.45) is 1.36. The Labute approximate surface area is 316 Å². The second kappa shape index (κ2) is 20.2. The average molecular weight is 729 g/mol. The number of nitrogens with zero attached hydrogens (tertiary/aromatic N) is 1. The Morgan fingerprint density at radius 2 is 1.43 bits per heavy atom. The molecule has 0 bridgehead atoms. The highest BCUT2D eigenvalue weighted by Crippen LogP contribution is 2.23. The molecule has 1 aliphatic heterocycles. The number of aliphatic hydroxyl groups excluding tert-OH is 1. The van der Waals surface area contributed by atoms with Crippen molar-refractivity contribution in [2.45, 2.75) is 110 Å². The molecule has 1 fully saturated rings. The molecule has 0 spiro atoms. The molecule has 3 aromatic rings. The van der Waals surface area contributed by atoms with Crippen molar-refractivity contribution >= 4 is 17.9 Å². The first kappa shape index (κ1) is 41.3. The molecule has 0 radical (unpaired) electrons. The number of amides is 3. The molecule has 0 unspecified atom stereocenters. The lowest BCUT2D eigenvalue weighted by molar-refractivity contribution is -0.140. The van der Waals surface area contributed by atoms with Crippen LogP contribution in [0.1, 0.15) is 77.0 Å². The lowest BCUT2D eigenvalue weighted by atomic mass is 9.87. The van der Waals surface area contributed by atoms with Crippen molar-refractivity contribution in [2.75, 3.05) is 20.1 Å². The van der Waals surface area contributed by atoms with Crippen LogP contribution in [0.15, 0.2) is 84.9 Å². The molecule has 53 heavy (non-hydrogen) atoms. The maximum absolute atomic E-state index is 14.4. The minimum atomic E-state index is -1.11. The maximum atomic E-state index is 14.4. The van der Waals surface area contributed by atoms with Crippen LogP contribution in [0.4, 0.5) is 4.79 Å². The van der Waals surface area contributed by atoms with E-state index in [4.69, 9.17) is 9.47 Å². The van der Waals surface area contributed by atoms with Crippen molar-refractivity contribution in [3.63, 3.8) is 0 Å². The molecule has 0 saturated carbocycles. The van der Waals surface area contributed by atoms with E-state index in [1.807, 2.05) is 111 Å². The highest BCUT2D eigenvalue weighted by molar-refractivity contribution is 5.89. The van der Waals surface area contributed by atoms with Gasteiger partial charge in [-0.2, -0.15) is 0 Å². The summed E-state index contributed by atoms with van der Waals surface area (Å²) in [6, 6.07) is 26.1. The third kappa shape index (κ3) is 13.5. The number of aliphatic hydroxyl groups is 1. The molecule has 288 valence electrons. The molecule has 4 rings (SSSR count). The second-order valence-electron chi connectivity index (χ2n) is 15.3. The van der Waals surface area contributed by atoms with E-state index in [0.717, 1.165) is 29.5 Å². The Hall–Kier alpha value is -4.41. The number of alkyl carbamates (subject to hydrolysis) is 1. The van der Waals surface area contributed by atoms with Gasteiger partial charge in [0.25, 0.3) is 0 Å². The van der Waals surface area contributed by atoms with Crippen LogP contribution in [0, 0.1) is 11.8 Å². The summed E-state index contributed by atoms with van der Waals surface area (Å²) < 4.78 is 11.5. The van der Waals surface area contributed by atoms with Gasteiger partial charge < -0.3 is 35.4 Å². The summed E-state index contributed by atoms with van der Waals surface area (Å²) in [5, 5.41) is 21.2. The predicted molar refractivity (Wildman–Crippen MR) is 208 cm³/mol. The largest absolute Gasteiger partial charge is 0.489 e. The van der Waals surface area contributed by atoms with Gasteiger partial charge in [0.05, 0.1) is 12.1 Å². The fourth-order valence-corrected chi connectivity index (χ4v) is 6.64. The average Bonchev–Trinajstić information content (AvgIpc) is 3.15. The van der Waals surface area contributed by atoms with Crippen LogP contribution in [-0.2, 0) is 33.8 Å². The van der Waals surface area contributed by atoms with E-state index in [-0.39, 0.29) is 24.2 Å². The summed E-state index contributed by atoms with van der Waals surface area (Å²) in [6.45, 7) is 11.0. The summed E-state index contributed by atoms with van der Waals surface area (Å²) in [4.78, 5) is 43.2. The number of benzene rings is 3. The standard InChI is InChI=1S/C43H60N4O6/c1-7-30(2)39(41(50)47-24-22-35(44-6)23-25-47)46-40(49)34(26-32-18-20-36(21-19-32)52-29-33-16-12-9-13-17-33)28-38(48)37(27-31-14-10-8-11-15-31)45-42(51)53-43(3,4)5/h8-21,30,34-35,37-39,44,48H,7,22-29H2,1-6H3,(H,45,51)(H,46,49)/t30-,34-,37+,38-,39-/m0/s1. The number of ether oxygens (including phenoxy) is 2. The number of likely N-dealkylation sites (tertiary alicyclic amines) is 1. The number of carbonyl (C=O) groups excluding carboxylic acids is 3. The zero-order valence-electron chi connectivity index (χ0n) is 32.3. The smallest absolute Gasteiger partial charge is 0.407 e. The highest BCUT2D eigenvalue weighted by atomic mass is 16.6. The molecular weight excluding hydrogens is 668 g/mol. The number of rotatable bonds is 17. The van der Waals surface area contributed by atoms with Gasteiger partial charge in [-0.15, -0.1) is 0 Å². The van der Waals surface area contributed by atoms with Gasteiger partial charge in [0.2, 0.25) is 11.8 Å². The Morgan fingerprint density at radius 1 is 0.849 bits per heavy atom. The number of carbonyl (C=O) groups is 3. The van der Waals surface area contributed by atoms with Crippen molar-refractivity contribution in [1.29, 1.82) is 0 Å². The molecule has 10 heteroatoms. The fraction of sp³-hybridized carbons (Fsp3) is 0.512. The van der Waals surface area contributed by atoms with Crippen LogP contribution in [0.25, 0.3) is 0 Å². The first-order valence-electron chi connectivity index (χ1n) is 19.1. The topological polar surface area (TPSA) is 129 Å². The molecule has 3 amide bonds. The zero-order chi connectivity index (χ0) is 38.4. The summed E-state index contributed by atoms with van der Waals surface area (Å²) in [5.74, 6) is -0.496. The summed E-state index contributed by atoms with van der Waals surface area (Å²) in [5.41, 5.74) is 2.13. The minimum absolute atomic E-state index is 0.0420. The van der Waals surface area contributed by atoms with Gasteiger partial charge in [-0.05, 0) is 94.7 Å². The van der Waals surface area contributed by atoms with Gasteiger partial charge in [0, 0.05) is 25.0 Å². The van der Waals surface area contributed by atoms with Crippen LogP contribution in [0.5, 0.6) is 5.75 Å². The third-order valence-corrected chi connectivity index (χ3v) is 10.0. The van der Waals surface area contributed by atoms with E-state index in [1.54, 1.807) is 20.8 Å². The van der Waals surface area contributed by atoms with E-state index in [0.29, 0.717) is 50.8 Å². The van der Waals surface area contributed by atoms with Gasteiger partial charge in [0.15, 0.2) is 0 Å². The SMILES string of the molecule is CC[C@H](C)[C@H](NC(=O)[C@@H](Cc1ccc(OCc2ccccc2)cc1)C[C@H](O)[C@@H](Cc1ccccc1)NC(=O)OC(C)(C)C)C(=O)N1CCC(NC)CC1. The molecule has 5 atom stereocenters. The second-order valence-corrected chi connectivity index (χ2v) is 15.3. The van der Waals surface area contributed by atoms with Gasteiger partial charge in [-0.3, -0.25) is 9.59 Å². The van der Waals surface area contributed by atoms with Crippen LogP contribution < -0.4 is 20.7 Å². The zero-order valence-corrected chi connectivity index (χ0v) is 32.3. The van der Waals surface area contributed by atoms with Crippen molar-refractivity contribution in [3.8, 4) is 5.75 Å². The van der Waals surface area contributed by atoms with Gasteiger partial charge in [-0.25, -0.2) is 4.79 Å². The number of piperidine rings is 1. The molecule has 10 nitrogen and oxygen atoms in total. The summed E-state index contributed by atoms with van der Waals surface area (Å²) in [7, 11) is 1.94. The lowest BCUT2D eigenvalue weighted by Gasteiger charge is -2.36. The lowest BCUT2D eigenvalue weighted by Crippen LogP contribution is -2.56. The number of nitrogens with one attached hydrogen (secondary N) is 3. The van der Waals surface area contributed by atoms with Crippen molar-refractivity contribution in [3.05, 3.63) is 102 Å². The molecule has 1 saturated heterocycles. The minimum Gasteiger partial charge on any atom is -0.489 e. The summed E-state index contributed by atoms with van der Waals surface area (Å²) >= 11 is 0. The van der Waals surface area contributed by atoms with Gasteiger partial charge in [0.1, 0.15) is 24.0 Å². The molecular formula is C43H60N4O6. The number of hydrogen-bond acceptors (Lipinski definition) is 7. The quantitative estimate of drug-likeness (QED) is 0.133. The molecule has 3 aromatic carbocycles. The van der Waals surface area contributed by atoms with E-state index in [1.165, 1.54) is 0 Å². The van der Waals surface area contributed by atoms with Crippen LogP contribution in [0.2, 0.25) is 0 Å². The Morgan fingerprint density at radius 3 is 2.00 bits per heavy atom. The number of hydrogen-bond donors (Lipinski definition) is 4. The van der Waals surface area contributed by atoms with E-state index in [2.05, 4.69) is 16.0 Å². The van der Waals surface area contributed by atoms with E-state index in [9.17, 15) is 19.5 Å². The van der Waals surface area contributed by atoms with Crippen LogP contribution in [-0.4, -0.2) is 77.9 Å². The van der Waals surface area contributed by atoms with E-state index < -0.39 is 35.8 Å². The van der Waals surface area contributed by atoms with Gasteiger partial charge >= 0.3 is 6.09 Å². The van der Waals surface area contributed by atoms with Crippen molar-refractivity contribution in [2.24, 2.45) is 11.8 Å². The third-order valence-electron chi connectivity index (χ3n) is 10.0. The Bertz CT molecular complexity index is 1560. The van der Waals surface area contributed by atoms with E-state index >= 15 is 0 Å². The molecule has 0 aromatic heterocycles.